The van der Waals surface area contributed by atoms with Crippen molar-refractivity contribution in [2.45, 2.75) is 6.92 Å². The Bertz CT molecular complexity index is 1050. The number of rotatable bonds is 4. The number of urea groups is 1. The summed E-state index contributed by atoms with van der Waals surface area (Å²) in [6, 6.07) is 7.34. The zero-order valence-corrected chi connectivity index (χ0v) is 17.3. The molecule has 30 heavy (non-hydrogen) atoms. The number of carbonyl (C=O) groups is 1. The van der Waals surface area contributed by atoms with Crippen LogP contribution < -0.4 is 19.7 Å². The van der Waals surface area contributed by atoms with Gasteiger partial charge in [0.1, 0.15) is 12.1 Å². The number of pyridine rings is 1. The smallest absolute Gasteiger partial charge is 0.322 e. The van der Waals surface area contributed by atoms with Crippen LogP contribution in [0.25, 0.3) is 10.9 Å². The lowest BCUT2D eigenvalue weighted by Gasteiger charge is -2.35. The highest BCUT2D eigenvalue weighted by Gasteiger charge is 2.24. The predicted octanol–water partition coefficient (Wildman–Crippen LogP) is 2.70. The fraction of sp³-hybridized carbons (Fsp3) is 0.333. The number of ether oxygens (including phenoxy) is 2. The molecule has 0 unspecified atom stereocenters. The van der Waals surface area contributed by atoms with Crippen LogP contribution in [0.2, 0.25) is 0 Å². The molecular formula is C21H24N6O3. The SMILES string of the molecule is COc1cc2ncnc(N3CCN(C(=O)Nc4ccc(C)nc4)CC3)c2cc1OC. The minimum atomic E-state index is -0.126. The van der Waals surface area contributed by atoms with Crippen LogP contribution in [0.1, 0.15) is 5.69 Å². The first-order valence-corrected chi connectivity index (χ1v) is 9.69. The first-order valence-electron chi connectivity index (χ1n) is 9.69. The minimum absolute atomic E-state index is 0.126. The standard InChI is InChI=1S/C21H24N6O3/c1-14-4-5-15(12-22-14)25-21(28)27-8-6-26(7-9-27)20-16-10-18(29-2)19(30-3)11-17(16)23-13-24-20/h4-5,10-13H,6-9H2,1-3H3,(H,25,28). The topological polar surface area (TPSA) is 92.7 Å². The molecule has 0 bridgehead atoms. The number of hydrogen-bond donors (Lipinski definition) is 1. The summed E-state index contributed by atoms with van der Waals surface area (Å²) in [6.07, 6.45) is 3.21. The van der Waals surface area contributed by atoms with Crippen molar-refractivity contribution in [2.24, 2.45) is 0 Å². The van der Waals surface area contributed by atoms with Crippen molar-refractivity contribution in [3.8, 4) is 11.5 Å². The first kappa shape index (κ1) is 19.7. The molecule has 9 nitrogen and oxygen atoms in total. The number of nitrogens with zero attached hydrogens (tertiary/aromatic N) is 5. The van der Waals surface area contributed by atoms with Crippen molar-refractivity contribution >= 4 is 28.4 Å². The highest BCUT2D eigenvalue weighted by atomic mass is 16.5. The maximum absolute atomic E-state index is 12.6. The van der Waals surface area contributed by atoms with Crippen LogP contribution in [0.4, 0.5) is 16.3 Å². The van der Waals surface area contributed by atoms with Gasteiger partial charge in [-0.3, -0.25) is 4.98 Å². The second-order valence-electron chi connectivity index (χ2n) is 7.01. The van der Waals surface area contributed by atoms with Crippen molar-refractivity contribution in [3.05, 3.63) is 42.5 Å². The van der Waals surface area contributed by atoms with E-state index in [2.05, 4.69) is 25.2 Å². The normalized spacial score (nSPS) is 14.0. The molecule has 0 spiro atoms. The molecule has 3 aromatic rings. The molecule has 1 aliphatic heterocycles. The molecule has 4 rings (SSSR count). The molecule has 0 atom stereocenters. The van der Waals surface area contributed by atoms with E-state index in [0.29, 0.717) is 43.4 Å². The summed E-state index contributed by atoms with van der Waals surface area (Å²) in [4.78, 5) is 29.6. The van der Waals surface area contributed by atoms with Gasteiger partial charge in [0, 0.05) is 43.3 Å². The number of benzene rings is 1. The second-order valence-corrected chi connectivity index (χ2v) is 7.01. The number of carbonyl (C=O) groups excluding carboxylic acids is 1. The summed E-state index contributed by atoms with van der Waals surface area (Å²) in [5, 5.41) is 3.79. The molecule has 9 heteroatoms. The van der Waals surface area contributed by atoms with E-state index >= 15 is 0 Å². The molecule has 156 valence electrons. The number of aryl methyl sites for hydroxylation is 1. The Kier molecular flexibility index (Phi) is 5.51. The van der Waals surface area contributed by atoms with Crippen molar-refractivity contribution in [2.75, 3.05) is 50.6 Å². The summed E-state index contributed by atoms with van der Waals surface area (Å²) in [5.74, 6) is 2.08. The van der Waals surface area contributed by atoms with Gasteiger partial charge in [-0.2, -0.15) is 0 Å². The maximum atomic E-state index is 12.6. The molecule has 0 aliphatic carbocycles. The van der Waals surface area contributed by atoms with Gasteiger partial charge in [0.15, 0.2) is 11.5 Å². The Balaban J connectivity index is 1.48. The van der Waals surface area contributed by atoms with Crippen molar-refractivity contribution in [1.29, 1.82) is 0 Å². The third-order valence-electron chi connectivity index (χ3n) is 5.15. The van der Waals surface area contributed by atoms with Crippen LogP contribution in [0.3, 0.4) is 0 Å². The number of aromatic nitrogens is 3. The van der Waals surface area contributed by atoms with Gasteiger partial charge < -0.3 is 24.6 Å². The number of nitrogens with one attached hydrogen (secondary N) is 1. The molecule has 1 N–H and O–H groups in total. The molecule has 0 radical (unpaired) electrons. The summed E-state index contributed by atoms with van der Waals surface area (Å²) in [5.41, 5.74) is 2.38. The van der Waals surface area contributed by atoms with Crippen LogP contribution in [0.15, 0.2) is 36.8 Å². The van der Waals surface area contributed by atoms with E-state index in [4.69, 9.17) is 9.47 Å². The largest absolute Gasteiger partial charge is 0.493 e. The molecule has 1 saturated heterocycles. The molecule has 3 heterocycles. The average molecular weight is 408 g/mol. The summed E-state index contributed by atoms with van der Waals surface area (Å²) < 4.78 is 10.8. The summed E-state index contributed by atoms with van der Waals surface area (Å²) >= 11 is 0. The average Bonchev–Trinajstić information content (AvgIpc) is 2.79. The minimum Gasteiger partial charge on any atom is -0.493 e. The monoisotopic (exact) mass is 408 g/mol. The zero-order chi connectivity index (χ0) is 21.1. The molecule has 1 aliphatic rings. The lowest BCUT2D eigenvalue weighted by molar-refractivity contribution is 0.208. The third-order valence-corrected chi connectivity index (χ3v) is 5.15. The van der Waals surface area contributed by atoms with Gasteiger partial charge in [-0.1, -0.05) is 0 Å². The van der Waals surface area contributed by atoms with Crippen molar-refractivity contribution < 1.29 is 14.3 Å². The van der Waals surface area contributed by atoms with E-state index in [-0.39, 0.29) is 6.03 Å². The Hall–Kier alpha value is -3.62. The number of amides is 2. The van der Waals surface area contributed by atoms with Gasteiger partial charge in [-0.25, -0.2) is 14.8 Å². The Labute approximate surface area is 174 Å². The van der Waals surface area contributed by atoms with Gasteiger partial charge >= 0.3 is 6.03 Å². The van der Waals surface area contributed by atoms with Gasteiger partial charge in [0.2, 0.25) is 0 Å². The van der Waals surface area contributed by atoms with E-state index in [1.165, 1.54) is 0 Å². The lowest BCUT2D eigenvalue weighted by Crippen LogP contribution is -2.50. The molecular weight excluding hydrogens is 384 g/mol. The Morgan fingerprint density at radius 3 is 2.40 bits per heavy atom. The Morgan fingerprint density at radius 2 is 1.73 bits per heavy atom. The van der Waals surface area contributed by atoms with Crippen LogP contribution >= 0.6 is 0 Å². The van der Waals surface area contributed by atoms with Crippen LogP contribution in [-0.4, -0.2) is 66.3 Å². The Morgan fingerprint density at radius 1 is 1.00 bits per heavy atom. The van der Waals surface area contributed by atoms with Crippen molar-refractivity contribution in [3.63, 3.8) is 0 Å². The first-order chi connectivity index (χ1) is 14.6. The number of fused-ring (bicyclic) bond motifs is 1. The molecule has 1 aromatic carbocycles. The maximum Gasteiger partial charge on any atom is 0.322 e. The van der Waals surface area contributed by atoms with E-state index < -0.39 is 0 Å². The van der Waals surface area contributed by atoms with Gasteiger partial charge in [0.25, 0.3) is 0 Å². The fourth-order valence-electron chi connectivity index (χ4n) is 3.49. The number of anilines is 2. The van der Waals surface area contributed by atoms with Crippen LogP contribution in [0, 0.1) is 6.92 Å². The number of piperazine rings is 1. The van der Waals surface area contributed by atoms with Gasteiger partial charge in [-0.05, 0) is 25.1 Å². The van der Waals surface area contributed by atoms with E-state index in [1.807, 2.05) is 31.2 Å². The zero-order valence-electron chi connectivity index (χ0n) is 17.3. The highest BCUT2D eigenvalue weighted by Crippen LogP contribution is 2.34. The lowest BCUT2D eigenvalue weighted by atomic mass is 10.2. The second kappa shape index (κ2) is 8.40. The van der Waals surface area contributed by atoms with Crippen LogP contribution in [-0.2, 0) is 0 Å². The quantitative estimate of drug-likeness (QED) is 0.709. The van der Waals surface area contributed by atoms with Gasteiger partial charge in [0.05, 0.1) is 31.6 Å². The summed E-state index contributed by atoms with van der Waals surface area (Å²) in [6.45, 7) is 4.42. The van der Waals surface area contributed by atoms with Crippen molar-refractivity contribution in [1.82, 2.24) is 19.9 Å². The summed E-state index contributed by atoms with van der Waals surface area (Å²) in [7, 11) is 3.21. The van der Waals surface area contributed by atoms with E-state index in [0.717, 1.165) is 22.4 Å². The number of methoxy groups -OCH3 is 2. The molecule has 2 aromatic heterocycles. The number of hydrogen-bond acceptors (Lipinski definition) is 7. The van der Waals surface area contributed by atoms with Crippen LogP contribution in [0.5, 0.6) is 11.5 Å². The highest BCUT2D eigenvalue weighted by molar-refractivity contribution is 5.92. The molecule has 0 saturated carbocycles. The van der Waals surface area contributed by atoms with E-state index in [9.17, 15) is 4.79 Å². The third kappa shape index (κ3) is 3.91. The van der Waals surface area contributed by atoms with Gasteiger partial charge in [-0.15, -0.1) is 0 Å². The predicted molar refractivity (Wildman–Crippen MR) is 114 cm³/mol. The molecule has 1 fully saturated rings. The molecule has 2 amide bonds. The fourth-order valence-corrected chi connectivity index (χ4v) is 3.49. The van der Waals surface area contributed by atoms with E-state index in [1.54, 1.807) is 31.6 Å².